The van der Waals surface area contributed by atoms with E-state index >= 15 is 0 Å². The number of hydrogen-bond donors (Lipinski definition) is 1. The van der Waals surface area contributed by atoms with Crippen LogP contribution in [0.2, 0.25) is 0 Å². The Bertz CT molecular complexity index is 260. The maximum atomic E-state index is 11.9. The second kappa shape index (κ2) is 5.98. The van der Waals surface area contributed by atoms with Crippen molar-refractivity contribution in [2.24, 2.45) is 4.99 Å². The van der Waals surface area contributed by atoms with Crippen molar-refractivity contribution in [3.63, 3.8) is 0 Å². The van der Waals surface area contributed by atoms with Crippen LogP contribution in [-0.2, 0) is 0 Å². The van der Waals surface area contributed by atoms with E-state index in [2.05, 4.69) is 16.9 Å². The molecule has 0 unspecified atom stereocenters. The summed E-state index contributed by atoms with van der Waals surface area (Å²) in [5, 5.41) is 2.28. The molecule has 80 valence electrons. The SMILES string of the molecule is C=C(Cl)/C=C/NC(=NC)SC(F)(F)F. The van der Waals surface area contributed by atoms with Gasteiger partial charge >= 0.3 is 5.51 Å². The first-order chi connectivity index (χ1) is 6.35. The van der Waals surface area contributed by atoms with Gasteiger partial charge in [0.2, 0.25) is 0 Å². The minimum absolute atomic E-state index is 0.213. The molecule has 0 bridgehead atoms. The van der Waals surface area contributed by atoms with E-state index < -0.39 is 5.51 Å². The van der Waals surface area contributed by atoms with E-state index in [1.807, 2.05) is 0 Å². The number of amidine groups is 1. The van der Waals surface area contributed by atoms with Crippen LogP contribution in [0.1, 0.15) is 0 Å². The highest BCUT2D eigenvalue weighted by Gasteiger charge is 2.31. The third-order valence-corrected chi connectivity index (χ3v) is 1.74. The third-order valence-electron chi connectivity index (χ3n) is 0.886. The number of rotatable bonds is 2. The van der Waals surface area contributed by atoms with Crippen molar-refractivity contribution in [3.8, 4) is 0 Å². The smallest absolute Gasteiger partial charge is 0.341 e. The molecular weight excluding hydrogens is 237 g/mol. The molecule has 14 heavy (non-hydrogen) atoms. The molecule has 0 rings (SSSR count). The van der Waals surface area contributed by atoms with Crippen molar-refractivity contribution in [3.05, 3.63) is 23.9 Å². The first-order valence-corrected chi connectivity index (χ1v) is 4.54. The van der Waals surface area contributed by atoms with Crippen molar-refractivity contribution >= 4 is 28.5 Å². The monoisotopic (exact) mass is 244 g/mol. The Hall–Kier alpha value is -0.620. The lowest BCUT2D eigenvalue weighted by Crippen LogP contribution is -2.18. The fourth-order valence-electron chi connectivity index (χ4n) is 0.453. The molecule has 0 heterocycles. The average molecular weight is 245 g/mol. The maximum Gasteiger partial charge on any atom is 0.449 e. The van der Waals surface area contributed by atoms with Crippen LogP contribution in [-0.4, -0.2) is 17.7 Å². The number of nitrogens with one attached hydrogen (secondary N) is 1. The van der Waals surface area contributed by atoms with Gasteiger partial charge < -0.3 is 5.32 Å². The van der Waals surface area contributed by atoms with E-state index in [1.54, 1.807) is 0 Å². The van der Waals surface area contributed by atoms with Gasteiger partial charge in [0.05, 0.1) is 0 Å². The molecule has 0 saturated heterocycles. The Morgan fingerprint density at radius 1 is 1.57 bits per heavy atom. The number of aliphatic imine (C=N–C) groups is 1. The van der Waals surface area contributed by atoms with E-state index in [1.165, 1.54) is 19.3 Å². The molecule has 0 saturated carbocycles. The fourth-order valence-corrected chi connectivity index (χ4v) is 0.953. The van der Waals surface area contributed by atoms with Crippen molar-refractivity contribution in [1.82, 2.24) is 5.32 Å². The predicted molar refractivity (Wildman–Crippen MR) is 54.3 cm³/mol. The lowest BCUT2D eigenvalue weighted by atomic mass is 10.6. The molecule has 0 aromatic heterocycles. The van der Waals surface area contributed by atoms with E-state index in [0.717, 1.165) is 0 Å². The zero-order valence-electron chi connectivity index (χ0n) is 7.23. The van der Waals surface area contributed by atoms with Crippen LogP contribution in [0.3, 0.4) is 0 Å². The molecule has 0 amide bonds. The summed E-state index contributed by atoms with van der Waals surface area (Å²) < 4.78 is 35.6. The van der Waals surface area contributed by atoms with Gasteiger partial charge in [-0.05, 0) is 6.08 Å². The number of hydrogen-bond acceptors (Lipinski definition) is 2. The number of allylic oxidation sites excluding steroid dienone is 2. The van der Waals surface area contributed by atoms with Crippen LogP contribution in [0.15, 0.2) is 28.9 Å². The Kier molecular flexibility index (Phi) is 5.71. The van der Waals surface area contributed by atoms with E-state index in [0.29, 0.717) is 0 Å². The topological polar surface area (TPSA) is 24.4 Å². The minimum atomic E-state index is -4.35. The Labute approximate surface area is 88.9 Å². The molecule has 7 heteroatoms. The van der Waals surface area contributed by atoms with Gasteiger partial charge in [-0.25, -0.2) is 0 Å². The van der Waals surface area contributed by atoms with Gasteiger partial charge in [0.1, 0.15) is 0 Å². The largest absolute Gasteiger partial charge is 0.449 e. The number of alkyl halides is 3. The van der Waals surface area contributed by atoms with Gasteiger partial charge in [-0.3, -0.25) is 4.99 Å². The summed E-state index contributed by atoms with van der Waals surface area (Å²) in [6, 6.07) is 0. The maximum absolute atomic E-state index is 11.9. The zero-order valence-corrected chi connectivity index (χ0v) is 8.80. The molecule has 0 aromatic rings. The summed E-state index contributed by atoms with van der Waals surface area (Å²) in [5.41, 5.74) is -4.35. The van der Waals surface area contributed by atoms with Crippen LogP contribution in [0.5, 0.6) is 0 Å². The molecule has 0 fully saturated rings. The van der Waals surface area contributed by atoms with Crippen LogP contribution in [0, 0.1) is 0 Å². The summed E-state index contributed by atoms with van der Waals surface area (Å²) in [5.74, 6) is 0. The quantitative estimate of drug-likeness (QED) is 0.459. The highest BCUT2D eigenvalue weighted by Crippen LogP contribution is 2.30. The second-order valence-corrected chi connectivity index (χ2v) is 3.54. The molecule has 0 aliphatic carbocycles. The summed E-state index contributed by atoms with van der Waals surface area (Å²) in [4.78, 5) is 3.39. The van der Waals surface area contributed by atoms with Crippen molar-refractivity contribution in [2.75, 3.05) is 7.05 Å². The van der Waals surface area contributed by atoms with Gasteiger partial charge in [0, 0.05) is 30.0 Å². The second-order valence-electron chi connectivity index (χ2n) is 2.00. The summed E-state index contributed by atoms with van der Waals surface area (Å²) >= 11 is 5.02. The highest BCUT2D eigenvalue weighted by molar-refractivity contribution is 8.14. The first kappa shape index (κ1) is 13.4. The predicted octanol–water partition coefficient (Wildman–Crippen LogP) is 3.08. The molecule has 0 aliphatic rings. The highest BCUT2D eigenvalue weighted by atomic mass is 35.5. The Morgan fingerprint density at radius 3 is 2.50 bits per heavy atom. The molecular formula is C7H8ClF3N2S. The van der Waals surface area contributed by atoms with Gasteiger partial charge in [-0.2, -0.15) is 13.2 Å². The number of thioether (sulfide) groups is 1. The molecule has 0 spiro atoms. The van der Waals surface area contributed by atoms with E-state index in [4.69, 9.17) is 11.6 Å². The zero-order chi connectivity index (χ0) is 11.2. The van der Waals surface area contributed by atoms with Gasteiger partial charge in [-0.1, -0.05) is 18.2 Å². The molecule has 0 aliphatic heterocycles. The average Bonchev–Trinajstić information content (AvgIpc) is 1.99. The summed E-state index contributed by atoms with van der Waals surface area (Å²) in [6.07, 6.45) is 2.56. The Balaban J connectivity index is 4.13. The minimum Gasteiger partial charge on any atom is -0.341 e. The van der Waals surface area contributed by atoms with Crippen LogP contribution in [0.25, 0.3) is 0 Å². The lowest BCUT2D eigenvalue weighted by Gasteiger charge is -2.06. The number of halogens is 4. The van der Waals surface area contributed by atoms with Crippen molar-refractivity contribution < 1.29 is 13.2 Å². The van der Waals surface area contributed by atoms with Crippen LogP contribution < -0.4 is 5.32 Å². The van der Waals surface area contributed by atoms with Gasteiger partial charge in [0.25, 0.3) is 0 Å². The fraction of sp³-hybridized carbons (Fsp3) is 0.286. The van der Waals surface area contributed by atoms with Crippen LogP contribution >= 0.6 is 23.4 Å². The van der Waals surface area contributed by atoms with E-state index in [-0.39, 0.29) is 22.0 Å². The molecule has 0 aromatic carbocycles. The molecule has 1 N–H and O–H groups in total. The first-order valence-electron chi connectivity index (χ1n) is 3.35. The lowest BCUT2D eigenvalue weighted by molar-refractivity contribution is -0.0316. The van der Waals surface area contributed by atoms with Crippen LogP contribution in [0.4, 0.5) is 13.2 Å². The summed E-state index contributed by atoms with van der Waals surface area (Å²) in [7, 11) is 1.25. The van der Waals surface area contributed by atoms with E-state index in [9.17, 15) is 13.2 Å². The van der Waals surface area contributed by atoms with Gasteiger partial charge in [0.15, 0.2) is 5.17 Å². The normalized spacial score (nSPS) is 13.4. The van der Waals surface area contributed by atoms with Gasteiger partial charge in [-0.15, -0.1) is 0 Å². The van der Waals surface area contributed by atoms with Crippen molar-refractivity contribution in [1.29, 1.82) is 0 Å². The molecule has 0 atom stereocenters. The summed E-state index contributed by atoms with van der Waals surface area (Å²) in [6.45, 7) is 3.32. The third kappa shape index (κ3) is 8.00. The van der Waals surface area contributed by atoms with Crippen molar-refractivity contribution in [2.45, 2.75) is 5.51 Å². The standard InChI is InChI=1S/C7H8ClF3N2S/c1-5(8)3-4-13-6(12-2)14-7(9,10)11/h3-4H,1H2,2H3,(H,12,13)/b4-3+. The molecule has 0 radical (unpaired) electrons. The number of nitrogens with zero attached hydrogens (tertiary/aromatic N) is 1. The Morgan fingerprint density at radius 2 is 2.14 bits per heavy atom. The molecule has 2 nitrogen and oxygen atoms in total.